The molecule has 0 saturated carbocycles. The predicted octanol–water partition coefficient (Wildman–Crippen LogP) is 20.8. The van der Waals surface area contributed by atoms with Crippen molar-refractivity contribution < 1.29 is 28.6 Å². The van der Waals surface area contributed by atoms with Crippen LogP contribution in [0.2, 0.25) is 0 Å². The van der Waals surface area contributed by atoms with E-state index in [0.717, 1.165) is 141 Å². The van der Waals surface area contributed by atoms with Crippen LogP contribution in [-0.2, 0) is 28.6 Å². The number of rotatable bonds is 53. The van der Waals surface area contributed by atoms with Gasteiger partial charge >= 0.3 is 17.9 Å². The predicted molar refractivity (Wildman–Crippen MR) is 325 cm³/mol. The molecule has 1 atom stereocenters. The molecule has 0 amide bonds. The molecule has 0 N–H and O–H groups in total. The molecule has 1 unspecified atom stereocenters. The average Bonchev–Trinajstić information content (AvgIpc) is 3.41. The largest absolute Gasteiger partial charge is 0.462 e. The first-order chi connectivity index (χ1) is 37.0. The van der Waals surface area contributed by atoms with Gasteiger partial charge in [-0.15, -0.1) is 0 Å². The Hall–Kier alpha value is -4.71. The summed E-state index contributed by atoms with van der Waals surface area (Å²) in [5.74, 6) is -0.967. The quantitative estimate of drug-likeness (QED) is 0.0261. The Balaban J connectivity index is 4.33. The maximum Gasteiger partial charge on any atom is 0.306 e. The lowest BCUT2D eigenvalue weighted by Crippen LogP contribution is -2.30. The zero-order valence-electron chi connectivity index (χ0n) is 48.3. The van der Waals surface area contributed by atoms with Gasteiger partial charge in [-0.25, -0.2) is 0 Å². The Kier molecular flexibility index (Phi) is 58.0. The fraction of sp³-hybridized carbons (Fsp3) is 0.609. The van der Waals surface area contributed by atoms with Gasteiger partial charge in [0.15, 0.2) is 6.10 Å². The summed E-state index contributed by atoms with van der Waals surface area (Å²) in [5.41, 5.74) is 0. The van der Waals surface area contributed by atoms with Crippen molar-refractivity contribution in [3.63, 3.8) is 0 Å². The SMILES string of the molecule is CC/C=C\C/C=C\C/C=C\C/C=C\C/C=C\C/C=C\C/C=C\C/C=C\C/C=C\C/C=C\CCCCC(=O)OCC(COC(=O)CCCCCCCCCCCC)OC(=O)CCCCCCC/C=C\C/C=C\CCCC. The Labute approximate surface area is 461 Å². The number of hydrogen-bond acceptors (Lipinski definition) is 6. The summed E-state index contributed by atoms with van der Waals surface area (Å²) in [6, 6.07) is 0. The van der Waals surface area contributed by atoms with Crippen LogP contribution in [-0.4, -0.2) is 37.2 Å². The second-order valence-corrected chi connectivity index (χ2v) is 19.5. The third-order valence-electron chi connectivity index (χ3n) is 12.3. The molecule has 0 aromatic rings. The molecule has 0 aliphatic carbocycles. The summed E-state index contributed by atoms with van der Waals surface area (Å²) in [7, 11) is 0. The van der Waals surface area contributed by atoms with Gasteiger partial charge in [0.25, 0.3) is 0 Å². The molecule has 0 aromatic heterocycles. The van der Waals surface area contributed by atoms with Crippen LogP contribution in [0.4, 0.5) is 0 Å². The highest BCUT2D eigenvalue weighted by Crippen LogP contribution is 2.14. The van der Waals surface area contributed by atoms with Crippen molar-refractivity contribution in [1.29, 1.82) is 0 Å². The highest BCUT2D eigenvalue weighted by Gasteiger charge is 2.19. The number of ether oxygens (including phenoxy) is 3. The minimum absolute atomic E-state index is 0.100. The number of allylic oxidation sites excluding steroid dienone is 24. The molecule has 0 radical (unpaired) electrons. The molecule has 75 heavy (non-hydrogen) atoms. The van der Waals surface area contributed by atoms with Gasteiger partial charge in [-0.05, 0) is 122 Å². The number of carbonyl (C=O) groups excluding carboxylic acids is 3. The first-order valence-corrected chi connectivity index (χ1v) is 30.3. The first kappa shape index (κ1) is 70.3. The fourth-order valence-corrected chi connectivity index (χ4v) is 7.78. The molecule has 6 heteroatoms. The summed E-state index contributed by atoms with van der Waals surface area (Å²) in [6.07, 6.45) is 88.6. The van der Waals surface area contributed by atoms with Crippen molar-refractivity contribution >= 4 is 17.9 Å². The lowest BCUT2D eigenvalue weighted by Gasteiger charge is -2.18. The lowest BCUT2D eigenvalue weighted by molar-refractivity contribution is -0.167. The van der Waals surface area contributed by atoms with Crippen molar-refractivity contribution in [2.24, 2.45) is 0 Å². The van der Waals surface area contributed by atoms with E-state index in [1.54, 1.807) is 0 Å². The van der Waals surface area contributed by atoms with Crippen LogP contribution in [0.1, 0.15) is 252 Å². The molecule has 0 aliphatic rings. The molecule has 422 valence electrons. The Morgan fingerprint density at radius 2 is 0.533 bits per heavy atom. The van der Waals surface area contributed by atoms with Crippen LogP contribution in [0.5, 0.6) is 0 Å². The molecule has 0 heterocycles. The molecule has 0 rings (SSSR count). The van der Waals surface area contributed by atoms with Crippen LogP contribution in [0.3, 0.4) is 0 Å². The molecular weight excluding hydrogens is 925 g/mol. The van der Waals surface area contributed by atoms with Gasteiger partial charge in [-0.2, -0.15) is 0 Å². The zero-order chi connectivity index (χ0) is 54.3. The second-order valence-electron chi connectivity index (χ2n) is 19.5. The van der Waals surface area contributed by atoms with Gasteiger partial charge in [-0.3, -0.25) is 14.4 Å². The van der Waals surface area contributed by atoms with E-state index in [1.165, 1.54) is 64.2 Å². The minimum Gasteiger partial charge on any atom is -0.462 e. The van der Waals surface area contributed by atoms with E-state index in [4.69, 9.17) is 14.2 Å². The van der Waals surface area contributed by atoms with Gasteiger partial charge in [0.1, 0.15) is 13.2 Å². The molecular formula is C69H110O6. The van der Waals surface area contributed by atoms with Gasteiger partial charge in [-0.1, -0.05) is 256 Å². The van der Waals surface area contributed by atoms with E-state index in [2.05, 4.69) is 167 Å². The van der Waals surface area contributed by atoms with Gasteiger partial charge in [0.2, 0.25) is 0 Å². The van der Waals surface area contributed by atoms with Crippen LogP contribution >= 0.6 is 0 Å². The van der Waals surface area contributed by atoms with E-state index in [1.807, 2.05) is 0 Å². The van der Waals surface area contributed by atoms with Crippen LogP contribution in [0.25, 0.3) is 0 Å². The normalized spacial score (nSPS) is 13.2. The summed E-state index contributed by atoms with van der Waals surface area (Å²) in [6.45, 7) is 6.41. The van der Waals surface area contributed by atoms with Crippen LogP contribution in [0, 0.1) is 0 Å². The van der Waals surface area contributed by atoms with Gasteiger partial charge in [0.05, 0.1) is 0 Å². The first-order valence-electron chi connectivity index (χ1n) is 30.3. The van der Waals surface area contributed by atoms with Crippen LogP contribution < -0.4 is 0 Å². The molecule has 0 fully saturated rings. The van der Waals surface area contributed by atoms with Crippen LogP contribution in [0.15, 0.2) is 146 Å². The molecule has 6 nitrogen and oxygen atoms in total. The number of hydrogen-bond donors (Lipinski definition) is 0. The molecule has 0 aliphatic heterocycles. The van der Waals surface area contributed by atoms with E-state index in [-0.39, 0.29) is 31.1 Å². The van der Waals surface area contributed by atoms with Gasteiger partial charge < -0.3 is 14.2 Å². The highest BCUT2D eigenvalue weighted by molar-refractivity contribution is 5.71. The summed E-state index contributed by atoms with van der Waals surface area (Å²) < 4.78 is 16.8. The summed E-state index contributed by atoms with van der Waals surface area (Å²) in [5, 5.41) is 0. The van der Waals surface area contributed by atoms with E-state index >= 15 is 0 Å². The Morgan fingerprint density at radius 3 is 0.880 bits per heavy atom. The number of unbranched alkanes of at least 4 members (excludes halogenated alkanes) is 18. The zero-order valence-corrected chi connectivity index (χ0v) is 48.3. The standard InChI is InChI=1S/C69H110O6/c1-4-7-10-13-16-19-22-24-26-27-28-29-30-31-32-33-34-35-36-37-38-39-40-41-42-43-44-46-47-50-53-56-59-62-68(71)74-65-66(64-73-67(70)61-58-55-52-49-21-18-15-12-9-6-3)75-69(72)63-60-57-54-51-48-45-25-23-20-17-14-11-8-5-2/h7,10,14,16-17,19,23-26,28-29,31-32,34-35,37-38,40-41,43-44,47,50,66H,4-6,8-9,11-13,15,18,20-22,27,30,33,36,39,42,45-46,48-49,51-65H2,1-3H3/b10-7-,17-14-,19-16-,25-23-,26-24-,29-28-,32-31-,35-34-,38-37-,41-40-,44-43-,50-47-. The highest BCUT2D eigenvalue weighted by atomic mass is 16.6. The van der Waals surface area contributed by atoms with Crippen molar-refractivity contribution in [3.8, 4) is 0 Å². The maximum absolute atomic E-state index is 12.8. The summed E-state index contributed by atoms with van der Waals surface area (Å²) in [4.78, 5) is 38.1. The average molecular weight is 1040 g/mol. The third kappa shape index (κ3) is 60.0. The van der Waals surface area contributed by atoms with Crippen molar-refractivity contribution in [2.45, 2.75) is 258 Å². The Morgan fingerprint density at radius 1 is 0.280 bits per heavy atom. The van der Waals surface area contributed by atoms with Crippen molar-refractivity contribution in [1.82, 2.24) is 0 Å². The monoisotopic (exact) mass is 1030 g/mol. The summed E-state index contributed by atoms with van der Waals surface area (Å²) >= 11 is 0. The van der Waals surface area contributed by atoms with Crippen molar-refractivity contribution in [2.75, 3.05) is 13.2 Å². The molecule has 0 saturated heterocycles. The molecule has 0 spiro atoms. The number of carbonyl (C=O) groups is 3. The smallest absolute Gasteiger partial charge is 0.306 e. The molecule has 0 aromatic carbocycles. The third-order valence-corrected chi connectivity index (χ3v) is 12.3. The molecule has 0 bridgehead atoms. The van der Waals surface area contributed by atoms with E-state index in [0.29, 0.717) is 25.7 Å². The second kappa shape index (κ2) is 61.8. The number of esters is 3. The van der Waals surface area contributed by atoms with Gasteiger partial charge in [0, 0.05) is 19.3 Å². The van der Waals surface area contributed by atoms with Crippen molar-refractivity contribution in [3.05, 3.63) is 146 Å². The topological polar surface area (TPSA) is 78.9 Å². The van der Waals surface area contributed by atoms with E-state index < -0.39 is 6.10 Å². The lowest BCUT2D eigenvalue weighted by atomic mass is 10.1. The Bertz CT molecular complexity index is 1660. The fourth-order valence-electron chi connectivity index (χ4n) is 7.78. The van der Waals surface area contributed by atoms with E-state index in [9.17, 15) is 14.4 Å². The maximum atomic E-state index is 12.8. The minimum atomic E-state index is -0.806.